The first-order valence-corrected chi connectivity index (χ1v) is 7.43. The minimum absolute atomic E-state index is 0.0218. The molecule has 2 rings (SSSR count). The number of carbonyl (C=O) groups excluding carboxylic acids is 2. The van der Waals surface area contributed by atoms with Crippen LogP contribution in [0.15, 0.2) is 18.2 Å². The van der Waals surface area contributed by atoms with E-state index in [-0.39, 0.29) is 16.8 Å². The van der Waals surface area contributed by atoms with E-state index in [1.165, 1.54) is 0 Å². The van der Waals surface area contributed by atoms with E-state index in [4.69, 9.17) is 11.6 Å². The van der Waals surface area contributed by atoms with Gasteiger partial charge in [0.2, 0.25) is 11.8 Å². The summed E-state index contributed by atoms with van der Waals surface area (Å²) in [5.41, 5.74) is -2.30. The molecule has 0 heterocycles. The number of hydrogen-bond acceptors (Lipinski definition) is 2. The van der Waals surface area contributed by atoms with E-state index in [2.05, 4.69) is 10.6 Å². The van der Waals surface area contributed by atoms with Crippen molar-refractivity contribution in [2.24, 2.45) is 5.41 Å². The van der Waals surface area contributed by atoms with Crippen molar-refractivity contribution < 1.29 is 22.8 Å². The van der Waals surface area contributed by atoms with Crippen LogP contribution in [0.5, 0.6) is 0 Å². The van der Waals surface area contributed by atoms with E-state index in [1.807, 2.05) is 0 Å². The predicted molar refractivity (Wildman–Crippen MR) is 80.0 cm³/mol. The standard InChI is InChI=1S/C15H16ClF3N2O2/c1-8(2)20-12(22)14(5-6-14)13(23)21-11-7-9(15(17,18)19)3-4-10(11)16/h3-4,7-8H,5-6H2,1-2H3,(H,20,22)(H,21,23). The maximum atomic E-state index is 12.7. The van der Waals surface area contributed by atoms with Gasteiger partial charge in [-0.15, -0.1) is 0 Å². The second-order valence-electron chi connectivity index (χ2n) is 5.86. The van der Waals surface area contributed by atoms with Crippen LogP contribution in [0.3, 0.4) is 0 Å². The second kappa shape index (κ2) is 6.03. The van der Waals surface area contributed by atoms with Gasteiger partial charge in [0.15, 0.2) is 0 Å². The summed E-state index contributed by atoms with van der Waals surface area (Å²) in [5, 5.41) is 4.98. The largest absolute Gasteiger partial charge is 0.416 e. The smallest absolute Gasteiger partial charge is 0.353 e. The topological polar surface area (TPSA) is 58.2 Å². The number of alkyl halides is 3. The molecule has 2 N–H and O–H groups in total. The van der Waals surface area contributed by atoms with Crippen LogP contribution in [0.25, 0.3) is 0 Å². The number of amides is 2. The minimum Gasteiger partial charge on any atom is -0.353 e. The lowest BCUT2D eigenvalue weighted by Crippen LogP contribution is -2.42. The molecule has 2 amide bonds. The first kappa shape index (κ1) is 17.6. The Labute approximate surface area is 136 Å². The molecule has 1 aliphatic rings. The van der Waals surface area contributed by atoms with Crippen molar-refractivity contribution in [2.45, 2.75) is 38.9 Å². The maximum Gasteiger partial charge on any atom is 0.416 e. The molecule has 1 aliphatic carbocycles. The average molecular weight is 349 g/mol. The number of anilines is 1. The zero-order valence-corrected chi connectivity index (χ0v) is 13.3. The highest BCUT2D eigenvalue weighted by atomic mass is 35.5. The molecule has 23 heavy (non-hydrogen) atoms. The lowest BCUT2D eigenvalue weighted by molar-refractivity contribution is -0.138. The molecule has 8 heteroatoms. The van der Waals surface area contributed by atoms with Gasteiger partial charge in [0.25, 0.3) is 0 Å². The number of nitrogens with one attached hydrogen (secondary N) is 2. The predicted octanol–water partition coefficient (Wildman–Crippen LogP) is 3.60. The normalized spacial score (nSPS) is 16.1. The lowest BCUT2D eigenvalue weighted by atomic mass is 10.0. The van der Waals surface area contributed by atoms with Crippen molar-refractivity contribution >= 4 is 29.1 Å². The Bertz CT molecular complexity index is 640. The summed E-state index contributed by atoms with van der Waals surface area (Å²) in [4.78, 5) is 24.4. The minimum atomic E-state index is -4.55. The lowest BCUT2D eigenvalue weighted by Gasteiger charge is -2.18. The van der Waals surface area contributed by atoms with Crippen LogP contribution >= 0.6 is 11.6 Å². The van der Waals surface area contributed by atoms with Crippen LogP contribution in [0.4, 0.5) is 18.9 Å². The summed E-state index contributed by atoms with van der Waals surface area (Å²) >= 11 is 5.84. The molecular formula is C15H16ClF3N2O2. The molecule has 126 valence electrons. The zero-order valence-electron chi connectivity index (χ0n) is 12.6. The van der Waals surface area contributed by atoms with Gasteiger partial charge < -0.3 is 10.6 Å². The van der Waals surface area contributed by atoms with Crippen LogP contribution in [0.2, 0.25) is 5.02 Å². The number of halogens is 4. The molecule has 0 radical (unpaired) electrons. The fourth-order valence-electron chi connectivity index (χ4n) is 2.12. The van der Waals surface area contributed by atoms with E-state index < -0.39 is 29.0 Å². The van der Waals surface area contributed by atoms with Gasteiger partial charge in [-0.25, -0.2) is 0 Å². The van der Waals surface area contributed by atoms with Crippen LogP contribution < -0.4 is 10.6 Å². The molecule has 1 fully saturated rings. The Kier molecular flexibility index (Phi) is 4.61. The molecule has 0 saturated heterocycles. The summed E-state index contributed by atoms with van der Waals surface area (Å²) in [6.45, 7) is 3.52. The van der Waals surface area contributed by atoms with Gasteiger partial charge in [-0.3, -0.25) is 9.59 Å². The fraction of sp³-hybridized carbons (Fsp3) is 0.467. The van der Waals surface area contributed by atoms with Crippen molar-refractivity contribution in [3.05, 3.63) is 28.8 Å². The average Bonchev–Trinajstić information content (AvgIpc) is 3.20. The zero-order chi connectivity index (χ0) is 17.4. The van der Waals surface area contributed by atoms with Crippen LogP contribution in [-0.4, -0.2) is 17.9 Å². The molecule has 1 aromatic rings. The first-order chi connectivity index (χ1) is 10.6. The van der Waals surface area contributed by atoms with Crippen molar-refractivity contribution in [1.82, 2.24) is 5.32 Å². The third-order valence-corrected chi connectivity index (χ3v) is 3.91. The Morgan fingerprint density at radius 2 is 1.83 bits per heavy atom. The van der Waals surface area contributed by atoms with E-state index in [1.54, 1.807) is 13.8 Å². The van der Waals surface area contributed by atoms with Gasteiger partial charge in [0.1, 0.15) is 5.41 Å². The van der Waals surface area contributed by atoms with Gasteiger partial charge in [-0.2, -0.15) is 13.2 Å². The van der Waals surface area contributed by atoms with E-state index in [0.29, 0.717) is 12.8 Å². The molecule has 0 unspecified atom stereocenters. The summed E-state index contributed by atoms with van der Waals surface area (Å²) in [5.74, 6) is -1.06. The molecule has 1 saturated carbocycles. The van der Waals surface area contributed by atoms with Crippen molar-refractivity contribution in [3.63, 3.8) is 0 Å². The van der Waals surface area contributed by atoms with E-state index in [9.17, 15) is 22.8 Å². The van der Waals surface area contributed by atoms with Crippen LogP contribution in [0, 0.1) is 5.41 Å². The van der Waals surface area contributed by atoms with Gasteiger partial charge in [0.05, 0.1) is 16.3 Å². The molecule has 0 bridgehead atoms. The SMILES string of the molecule is CC(C)NC(=O)C1(C(=O)Nc2cc(C(F)(F)F)ccc2Cl)CC1. The third-order valence-electron chi connectivity index (χ3n) is 3.58. The molecule has 0 aliphatic heterocycles. The van der Waals surface area contributed by atoms with Crippen LogP contribution in [-0.2, 0) is 15.8 Å². The number of carbonyl (C=O) groups is 2. The molecule has 1 aromatic carbocycles. The monoisotopic (exact) mass is 348 g/mol. The highest BCUT2D eigenvalue weighted by Gasteiger charge is 2.56. The summed E-state index contributed by atoms with van der Waals surface area (Å²) in [6.07, 6.45) is -3.84. The molecule has 0 aromatic heterocycles. The molecule has 0 atom stereocenters. The van der Waals surface area contributed by atoms with Crippen molar-refractivity contribution in [1.29, 1.82) is 0 Å². The quantitative estimate of drug-likeness (QED) is 0.817. The number of hydrogen-bond donors (Lipinski definition) is 2. The van der Waals surface area contributed by atoms with Crippen molar-refractivity contribution in [2.75, 3.05) is 5.32 Å². The maximum absolute atomic E-state index is 12.7. The Hall–Kier alpha value is -1.76. The summed E-state index contributed by atoms with van der Waals surface area (Å²) < 4.78 is 38.2. The summed E-state index contributed by atoms with van der Waals surface area (Å²) in [6, 6.07) is 2.52. The van der Waals surface area contributed by atoms with E-state index in [0.717, 1.165) is 18.2 Å². The van der Waals surface area contributed by atoms with E-state index >= 15 is 0 Å². The van der Waals surface area contributed by atoms with Gasteiger partial charge in [-0.05, 0) is 44.9 Å². The highest BCUT2D eigenvalue weighted by Crippen LogP contribution is 2.47. The second-order valence-corrected chi connectivity index (χ2v) is 6.26. The molecule has 4 nitrogen and oxygen atoms in total. The Morgan fingerprint density at radius 3 is 2.30 bits per heavy atom. The molecular weight excluding hydrogens is 333 g/mol. The fourth-order valence-corrected chi connectivity index (χ4v) is 2.29. The number of benzene rings is 1. The van der Waals surface area contributed by atoms with Crippen molar-refractivity contribution in [3.8, 4) is 0 Å². The van der Waals surface area contributed by atoms with Crippen LogP contribution in [0.1, 0.15) is 32.3 Å². The Morgan fingerprint density at radius 1 is 1.22 bits per heavy atom. The summed E-state index contributed by atoms with van der Waals surface area (Å²) in [7, 11) is 0. The highest BCUT2D eigenvalue weighted by molar-refractivity contribution is 6.34. The molecule has 0 spiro atoms. The Balaban J connectivity index is 2.19. The third kappa shape index (κ3) is 3.77. The first-order valence-electron chi connectivity index (χ1n) is 7.05. The number of rotatable bonds is 4. The van der Waals surface area contributed by atoms with Gasteiger partial charge >= 0.3 is 6.18 Å². The van der Waals surface area contributed by atoms with Gasteiger partial charge in [-0.1, -0.05) is 11.6 Å². The van der Waals surface area contributed by atoms with Gasteiger partial charge in [0, 0.05) is 6.04 Å².